The summed E-state index contributed by atoms with van der Waals surface area (Å²) in [6.45, 7) is 3.69. The Labute approximate surface area is 125 Å². The SMILES string of the molecule is COC(=O)CN(C(=O)C1(C(N)=S)CCCCC1)C(C)C. The standard InChI is InChI=1S/C14H24N2O3S/c1-10(2)16(9-11(17)19-3)13(18)14(12(15)20)7-5-4-6-8-14/h10H,4-9H2,1-3H3,(H2,15,20). The number of thiocarbonyl (C=S) groups is 1. The Balaban J connectivity index is 3.01. The van der Waals surface area contributed by atoms with E-state index in [9.17, 15) is 9.59 Å². The predicted octanol–water partition coefficient (Wildman–Crippen LogP) is 1.63. The smallest absolute Gasteiger partial charge is 0.325 e. The summed E-state index contributed by atoms with van der Waals surface area (Å²) in [7, 11) is 1.31. The molecule has 0 spiro atoms. The van der Waals surface area contributed by atoms with E-state index in [1.807, 2.05) is 13.8 Å². The van der Waals surface area contributed by atoms with Crippen molar-refractivity contribution in [3.8, 4) is 0 Å². The number of ether oxygens (including phenoxy) is 1. The topological polar surface area (TPSA) is 72.6 Å². The van der Waals surface area contributed by atoms with Gasteiger partial charge in [-0.2, -0.15) is 0 Å². The second-order valence-corrected chi connectivity index (χ2v) is 6.05. The molecule has 114 valence electrons. The number of amides is 1. The van der Waals surface area contributed by atoms with Crippen LogP contribution in [-0.4, -0.2) is 41.5 Å². The van der Waals surface area contributed by atoms with Crippen molar-refractivity contribution in [1.29, 1.82) is 0 Å². The Morgan fingerprint density at radius 3 is 2.25 bits per heavy atom. The molecular formula is C14H24N2O3S. The molecule has 1 amide bonds. The number of nitrogens with zero attached hydrogens (tertiary/aromatic N) is 1. The molecule has 20 heavy (non-hydrogen) atoms. The van der Waals surface area contributed by atoms with Crippen LogP contribution in [0.2, 0.25) is 0 Å². The lowest BCUT2D eigenvalue weighted by molar-refractivity contribution is -0.152. The molecule has 0 saturated heterocycles. The first-order valence-electron chi connectivity index (χ1n) is 7.03. The van der Waals surface area contributed by atoms with Gasteiger partial charge in [0.05, 0.1) is 17.5 Å². The van der Waals surface area contributed by atoms with E-state index in [0.29, 0.717) is 12.8 Å². The first-order valence-corrected chi connectivity index (χ1v) is 7.44. The average molecular weight is 300 g/mol. The minimum absolute atomic E-state index is 0.0582. The van der Waals surface area contributed by atoms with Crippen LogP contribution in [0.15, 0.2) is 0 Å². The van der Waals surface area contributed by atoms with E-state index in [-0.39, 0.29) is 23.5 Å². The van der Waals surface area contributed by atoms with Gasteiger partial charge in [0.25, 0.3) is 0 Å². The molecule has 6 heteroatoms. The summed E-state index contributed by atoms with van der Waals surface area (Å²) in [5.74, 6) is -0.564. The molecule has 1 aliphatic rings. The van der Waals surface area contributed by atoms with Crippen LogP contribution in [0.25, 0.3) is 0 Å². The van der Waals surface area contributed by atoms with Crippen molar-refractivity contribution in [2.75, 3.05) is 13.7 Å². The fourth-order valence-electron chi connectivity index (χ4n) is 2.69. The summed E-state index contributed by atoms with van der Waals surface area (Å²) < 4.78 is 4.66. The Hall–Kier alpha value is -1.17. The highest BCUT2D eigenvalue weighted by Gasteiger charge is 2.45. The zero-order chi connectivity index (χ0) is 15.3. The quantitative estimate of drug-likeness (QED) is 0.617. The third-order valence-corrected chi connectivity index (χ3v) is 4.39. The van der Waals surface area contributed by atoms with E-state index >= 15 is 0 Å². The Kier molecular flexibility index (Phi) is 5.92. The van der Waals surface area contributed by atoms with Gasteiger partial charge in [-0.05, 0) is 26.7 Å². The van der Waals surface area contributed by atoms with Gasteiger partial charge in [0, 0.05) is 6.04 Å². The summed E-state index contributed by atoms with van der Waals surface area (Å²) in [6.07, 6.45) is 4.31. The van der Waals surface area contributed by atoms with E-state index in [4.69, 9.17) is 18.0 Å². The third-order valence-electron chi connectivity index (χ3n) is 4.00. The molecule has 0 aromatic rings. The molecule has 0 bridgehead atoms. The lowest BCUT2D eigenvalue weighted by Crippen LogP contribution is -2.54. The number of hydrogen-bond acceptors (Lipinski definition) is 4. The first kappa shape index (κ1) is 16.9. The molecule has 0 aromatic carbocycles. The number of methoxy groups -OCH3 is 1. The average Bonchev–Trinajstić information content (AvgIpc) is 2.43. The van der Waals surface area contributed by atoms with Crippen LogP contribution in [0.1, 0.15) is 46.0 Å². The van der Waals surface area contributed by atoms with Gasteiger partial charge < -0.3 is 15.4 Å². The van der Waals surface area contributed by atoms with Crippen LogP contribution in [0.4, 0.5) is 0 Å². The van der Waals surface area contributed by atoms with E-state index in [2.05, 4.69) is 4.74 Å². The lowest BCUT2D eigenvalue weighted by Gasteiger charge is -2.40. The number of hydrogen-bond donors (Lipinski definition) is 1. The van der Waals surface area contributed by atoms with Crippen LogP contribution >= 0.6 is 12.2 Å². The van der Waals surface area contributed by atoms with Crippen LogP contribution < -0.4 is 5.73 Å². The minimum Gasteiger partial charge on any atom is -0.468 e. The molecule has 1 saturated carbocycles. The minimum atomic E-state index is -0.786. The molecular weight excluding hydrogens is 276 g/mol. The maximum atomic E-state index is 12.9. The van der Waals surface area contributed by atoms with Gasteiger partial charge in [0.2, 0.25) is 5.91 Å². The van der Waals surface area contributed by atoms with E-state index in [0.717, 1.165) is 19.3 Å². The van der Waals surface area contributed by atoms with Gasteiger partial charge in [-0.15, -0.1) is 0 Å². The van der Waals surface area contributed by atoms with Gasteiger partial charge in [0.15, 0.2) is 0 Å². The van der Waals surface area contributed by atoms with Gasteiger partial charge in [0.1, 0.15) is 6.54 Å². The highest BCUT2D eigenvalue weighted by atomic mass is 32.1. The first-order chi connectivity index (χ1) is 9.35. The summed E-state index contributed by atoms with van der Waals surface area (Å²) in [4.78, 5) is 26.2. The molecule has 1 rings (SSSR count). The second kappa shape index (κ2) is 7.02. The fraction of sp³-hybridized carbons (Fsp3) is 0.786. The lowest BCUT2D eigenvalue weighted by atomic mass is 9.72. The maximum Gasteiger partial charge on any atom is 0.325 e. The maximum absolute atomic E-state index is 12.9. The Morgan fingerprint density at radius 2 is 1.85 bits per heavy atom. The van der Waals surface area contributed by atoms with Crippen LogP contribution in [-0.2, 0) is 14.3 Å². The van der Waals surface area contributed by atoms with Crippen molar-refractivity contribution in [1.82, 2.24) is 4.90 Å². The van der Waals surface area contributed by atoms with Gasteiger partial charge >= 0.3 is 5.97 Å². The molecule has 0 aliphatic heterocycles. The van der Waals surface area contributed by atoms with E-state index in [1.165, 1.54) is 12.0 Å². The van der Waals surface area contributed by atoms with Gasteiger partial charge in [-0.25, -0.2) is 0 Å². The van der Waals surface area contributed by atoms with Crippen molar-refractivity contribution in [3.05, 3.63) is 0 Å². The van der Waals surface area contributed by atoms with Crippen LogP contribution in [0.5, 0.6) is 0 Å². The van der Waals surface area contributed by atoms with Gasteiger partial charge in [-0.3, -0.25) is 9.59 Å². The van der Waals surface area contributed by atoms with Crippen molar-refractivity contribution < 1.29 is 14.3 Å². The monoisotopic (exact) mass is 300 g/mol. The van der Waals surface area contributed by atoms with Crippen molar-refractivity contribution >= 4 is 29.1 Å². The van der Waals surface area contributed by atoms with E-state index in [1.54, 1.807) is 0 Å². The predicted molar refractivity (Wildman–Crippen MR) is 81.2 cm³/mol. The highest BCUT2D eigenvalue weighted by molar-refractivity contribution is 7.80. The molecule has 1 aliphatic carbocycles. The molecule has 0 aromatic heterocycles. The summed E-state index contributed by atoms with van der Waals surface area (Å²) >= 11 is 5.17. The molecule has 0 radical (unpaired) electrons. The van der Waals surface area contributed by atoms with Crippen LogP contribution in [0.3, 0.4) is 0 Å². The highest BCUT2D eigenvalue weighted by Crippen LogP contribution is 2.38. The van der Waals surface area contributed by atoms with E-state index < -0.39 is 11.4 Å². The Morgan fingerprint density at radius 1 is 1.30 bits per heavy atom. The third kappa shape index (κ3) is 3.48. The van der Waals surface area contributed by atoms with Crippen LogP contribution in [0, 0.1) is 5.41 Å². The number of nitrogens with two attached hydrogens (primary N) is 1. The largest absolute Gasteiger partial charge is 0.468 e. The molecule has 2 N–H and O–H groups in total. The molecule has 0 atom stereocenters. The summed E-state index contributed by atoms with van der Waals surface area (Å²) in [5, 5.41) is 0. The van der Waals surface area contributed by atoms with Crippen molar-refractivity contribution in [2.45, 2.75) is 52.0 Å². The second-order valence-electron chi connectivity index (χ2n) is 5.61. The number of carbonyl (C=O) groups excluding carboxylic acids is 2. The number of carbonyl (C=O) groups is 2. The summed E-state index contributed by atoms with van der Waals surface area (Å²) in [6, 6.07) is -0.102. The molecule has 0 heterocycles. The molecule has 1 fully saturated rings. The Bertz CT molecular complexity index is 390. The van der Waals surface area contributed by atoms with Crippen molar-refractivity contribution in [2.24, 2.45) is 11.1 Å². The molecule has 0 unspecified atom stereocenters. The fourth-order valence-corrected chi connectivity index (χ4v) is 2.98. The number of esters is 1. The van der Waals surface area contributed by atoms with Gasteiger partial charge in [-0.1, -0.05) is 31.5 Å². The zero-order valence-corrected chi connectivity index (χ0v) is 13.3. The number of rotatable bonds is 5. The molecule has 5 nitrogen and oxygen atoms in total. The zero-order valence-electron chi connectivity index (χ0n) is 12.5. The normalized spacial score (nSPS) is 17.6. The van der Waals surface area contributed by atoms with Crippen molar-refractivity contribution in [3.63, 3.8) is 0 Å². The summed E-state index contributed by atoms with van der Waals surface area (Å²) in [5.41, 5.74) is 5.09.